The van der Waals surface area contributed by atoms with Crippen LogP contribution in [0.25, 0.3) is 10.8 Å². The molecular weight excluding hydrogens is 354 g/mol. The van der Waals surface area contributed by atoms with E-state index in [1.807, 2.05) is 42.7 Å². The molecule has 3 rings (SSSR count). The third-order valence-electron chi connectivity index (χ3n) is 4.19. The van der Waals surface area contributed by atoms with Crippen molar-refractivity contribution in [3.8, 4) is 23.0 Å². The van der Waals surface area contributed by atoms with Crippen molar-refractivity contribution in [1.82, 2.24) is 4.98 Å². The fraction of sp³-hybridized carbons (Fsp3) is 0.250. The first-order chi connectivity index (χ1) is 12.2. The van der Waals surface area contributed by atoms with Gasteiger partial charge in [-0.1, -0.05) is 6.07 Å². The van der Waals surface area contributed by atoms with E-state index in [-0.39, 0.29) is 12.4 Å². The first kappa shape index (κ1) is 19.7. The Labute approximate surface area is 159 Å². The molecule has 0 saturated heterocycles. The zero-order valence-electron chi connectivity index (χ0n) is 15.2. The zero-order chi connectivity index (χ0) is 17.8. The topological polar surface area (TPSA) is 49.8 Å². The van der Waals surface area contributed by atoms with Crippen LogP contribution in [0.1, 0.15) is 11.1 Å². The SMILES string of the molecule is COc1ccc(Cc2cncc3cc(OC)c(OC)cc23)cc1OC.Cl. The highest BCUT2D eigenvalue weighted by Crippen LogP contribution is 2.34. The smallest absolute Gasteiger partial charge is 0.161 e. The Kier molecular flexibility index (Phi) is 6.52. The van der Waals surface area contributed by atoms with Gasteiger partial charge in [-0.25, -0.2) is 0 Å². The molecule has 0 spiro atoms. The fourth-order valence-corrected chi connectivity index (χ4v) is 2.91. The van der Waals surface area contributed by atoms with Gasteiger partial charge < -0.3 is 18.9 Å². The van der Waals surface area contributed by atoms with Crippen molar-refractivity contribution >= 4 is 23.2 Å². The number of pyridine rings is 1. The first-order valence-electron chi connectivity index (χ1n) is 7.89. The van der Waals surface area contributed by atoms with Gasteiger partial charge in [0.2, 0.25) is 0 Å². The van der Waals surface area contributed by atoms with E-state index in [1.54, 1.807) is 28.4 Å². The van der Waals surface area contributed by atoms with Crippen LogP contribution in [0, 0.1) is 0 Å². The molecule has 0 unspecified atom stereocenters. The van der Waals surface area contributed by atoms with Gasteiger partial charge in [-0.3, -0.25) is 4.98 Å². The van der Waals surface area contributed by atoms with Gasteiger partial charge in [0.05, 0.1) is 28.4 Å². The fourth-order valence-electron chi connectivity index (χ4n) is 2.91. The van der Waals surface area contributed by atoms with Crippen LogP contribution in [0.15, 0.2) is 42.7 Å². The van der Waals surface area contributed by atoms with Gasteiger partial charge in [0.15, 0.2) is 23.0 Å². The van der Waals surface area contributed by atoms with Crippen LogP contribution in [0.4, 0.5) is 0 Å². The Hall–Kier alpha value is -2.66. The molecule has 0 aliphatic heterocycles. The van der Waals surface area contributed by atoms with Crippen molar-refractivity contribution in [3.63, 3.8) is 0 Å². The van der Waals surface area contributed by atoms with Crippen LogP contribution in [0.2, 0.25) is 0 Å². The maximum absolute atomic E-state index is 5.43. The molecule has 0 amide bonds. The Morgan fingerprint density at radius 3 is 2.00 bits per heavy atom. The number of ether oxygens (including phenoxy) is 4. The van der Waals surface area contributed by atoms with Gasteiger partial charge in [-0.15, -0.1) is 12.4 Å². The van der Waals surface area contributed by atoms with Gasteiger partial charge in [0, 0.05) is 17.8 Å². The second kappa shape index (κ2) is 8.63. The molecule has 5 nitrogen and oxygen atoms in total. The zero-order valence-corrected chi connectivity index (χ0v) is 16.1. The third kappa shape index (κ3) is 3.78. The summed E-state index contributed by atoms with van der Waals surface area (Å²) in [6.07, 6.45) is 4.43. The van der Waals surface area contributed by atoms with Crippen LogP contribution >= 0.6 is 12.4 Å². The largest absolute Gasteiger partial charge is 0.493 e. The predicted molar refractivity (Wildman–Crippen MR) is 104 cm³/mol. The van der Waals surface area contributed by atoms with Gasteiger partial charge in [-0.05, 0) is 47.2 Å². The lowest BCUT2D eigenvalue weighted by Gasteiger charge is -2.13. The van der Waals surface area contributed by atoms with Gasteiger partial charge in [0.1, 0.15) is 0 Å². The standard InChI is InChI=1S/C20H21NO4.ClH/c1-22-17-6-5-13(8-18(17)23-2)7-14-11-21-12-15-9-19(24-3)20(25-4)10-16(14)15;/h5-6,8-12H,7H2,1-4H3;1H. The summed E-state index contributed by atoms with van der Waals surface area (Å²) in [4.78, 5) is 4.36. The minimum absolute atomic E-state index is 0. The molecule has 0 atom stereocenters. The van der Waals surface area contributed by atoms with E-state index in [0.29, 0.717) is 23.0 Å². The van der Waals surface area contributed by atoms with Crippen molar-refractivity contribution < 1.29 is 18.9 Å². The Balaban J connectivity index is 0.00000243. The lowest BCUT2D eigenvalue weighted by atomic mass is 10.00. The summed E-state index contributed by atoms with van der Waals surface area (Å²) in [7, 11) is 6.54. The first-order valence-corrected chi connectivity index (χ1v) is 7.89. The minimum atomic E-state index is 0. The summed E-state index contributed by atoms with van der Waals surface area (Å²) in [5, 5.41) is 2.10. The van der Waals surface area contributed by atoms with Gasteiger partial charge >= 0.3 is 0 Å². The molecule has 1 aromatic heterocycles. The maximum Gasteiger partial charge on any atom is 0.161 e. The molecule has 3 aromatic rings. The number of methoxy groups -OCH3 is 4. The van der Waals surface area contributed by atoms with E-state index in [1.165, 1.54) is 0 Å². The lowest BCUT2D eigenvalue weighted by molar-refractivity contribution is 0.354. The predicted octanol–water partition coefficient (Wildman–Crippen LogP) is 4.28. The molecule has 2 aromatic carbocycles. The molecule has 0 fully saturated rings. The van der Waals surface area contributed by atoms with Crippen LogP contribution < -0.4 is 18.9 Å². The lowest BCUT2D eigenvalue weighted by Crippen LogP contribution is -1.96. The van der Waals surface area contributed by atoms with Crippen molar-refractivity contribution in [2.75, 3.05) is 28.4 Å². The van der Waals surface area contributed by atoms with Crippen molar-refractivity contribution in [2.45, 2.75) is 6.42 Å². The van der Waals surface area contributed by atoms with Crippen molar-refractivity contribution in [3.05, 3.63) is 53.9 Å². The Morgan fingerprint density at radius 1 is 0.731 bits per heavy atom. The van der Waals surface area contributed by atoms with E-state index in [4.69, 9.17) is 18.9 Å². The Morgan fingerprint density at radius 2 is 1.35 bits per heavy atom. The van der Waals surface area contributed by atoms with Crippen molar-refractivity contribution in [1.29, 1.82) is 0 Å². The van der Waals surface area contributed by atoms with E-state index < -0.39 is 0 Å². The highest BCUT2D eigenvalue weighted by atomic mass is 35.5. The molecule has 6 heteroatoms. The van der Waals surface area contributed by atoms with Crippen LogP contribution in [-0.2, 0) is 6.42 Å². The summed E-state index contributed by atoms with van der Waals surface area (Å²) in [5.41, 5.74) is 2.22. The second-order valence-corrected chi connectivity index (χ2v) is 5.59. The second-order valence-electron chi connectivity index (χ2n) is 5.59. The summed E-state index contributed by atoms with van der Waals surface area (Å²) in [5.74, 6) is 2.83. The van der Waals surface area contributed by atoms with Crippen LogP contribution in [0.5, 0.6) is 23.0 Å². The highest BCUT2D eigenvalue weighted by Gasteiger charge is 2.11. The monoisotopic (exact) mass is 375 g/mol. The molecule has 138 valence electrons. The molecule has 0 aliphatic carbocycles. The maximum atomic E-state index is 5.43. The quantitative estimate of drug-likeness (QED) is 0.643. The van der Waals surface area contributed by atoms with Crippen molar-refractivity contribution in [2.24, 2.45) is 0 Å². The van der Waals surface area contributed by atoms with E-state index in [9.17, 15) is 0 Å². The molecule has 0 bridgehead atoms. The van der Waals surface area contributed by atoms with E-state index >= 15 is 0 Å². The molecule has 26 heavy (non-hydrogen) atoms. The highest BCUT2D eigenvalue weighted by molar-refractivity contribution is 5.88. The van der Waals surface area contributed by atoms with Gasteiger partial charge in [-0.2, -0.15) is 0 Å². The number of nitrogens with zero attached hydrogens (tertiary/aromatic N) is 1. The number of hydrogen-bond donors (Lipinski definition) is 0. The summed E-state index contributed by atoms with van der Waals surface area (Å²) < 4.78 is 21.5. The molecule has 0 aliphatic rings. The minimum Gasteiger partial charge on any atom is -0.493 e. The van der Waals surface area contributed by atoms with Gasteiger partial charge in [0.25, 0.3) is 0 Å². The average molecular weight is 376 g/mol. The normalized spacial score (nSPS) is 10.2. The Bertz CT molecular complexity index is 898. The summed E-state index contributed by atoms with van der Waals surface area (Å²) in [6, 6.07) is 9.86. The number of hydrogen-bond acceptors (Lipinski definition) is 5. The average Bonchev–Trinajstić information content (AvgIpc) is 2.66. The number of rotatable bonds is 6. The third-order valence-corrected chi connectivity index (χ3v) is 4.19. The van der Waals surface area contributed by atoms with Crippen LogP contribution in [0.3, 0.4) is 0 Å². The number of benzene rings is 2. The molecule has 1 heterocycles. The number of fused-ring (bicyclic) bond motifs is 1. The number of aromatic nitrogens is 1. The summed E-state index contributed by atoms with van der Waals surface area (Å²) >= 11 is 0. The molecule has 0 N–H and O–H groups in total. The molecular formula is C20H22ClNO4. The molecule has 0 saturated carbocycles. The summed E-state index contributed by atoms with van der Waals surface area (Å²) in [6.45, 7) is 0. The molecule has 0 radical (unpaired) electrons. The van der Waals surface area contributed by atoms with E-state index in [2.05, 4.69) is 4.98 Å². The van der Waals surface area contributed by atoms with E-state index in [0.717, 1.165) is 28.3 Å². The van der Waals surface area contributed by atoms with Crippen LogP contribution in [-0.4, -0.2) is 33.4 Å². The number of halogens is 1.